The molecule has 14 heteroatoms. The molecule has 4 aliphatic heterocycles. The Balaban J connectivity index is 1.20. The van der Waals surface area contributed by atoms with Crippen LogP contribution in [-0.2, 0) is 25.5 Å². The fourth-order valence-corrected chi connectivity index (χ4v) is 8.89. The minimum atomic E-state index is -2.29. The maximum atomic E-state index is 14.4. The van der Waals surface area contributed by atoms with Crippen LogP contribution in [0.2, 0.25) is 18.1 Å². The summed E-state index contributed by atoms with van der Waals surface area (Å²) in [6.07, 6.45) is 2.54. The van der Waals surface area contributed by atoms with Crippen molar-refractivity contribution < 1.29 is 41.9 Å². The molecule has 1 spiro atoms. The molecule has 2 bridgehead atoms. The Kier molecular flexibility index (Phi) is 7.28. The van der Waals surface area contributed by atoms with E-state index in [0.717, 1.165) is 41.2 Å². The summed E-state index contributed by atoms with van der Waals surface area (Å²) in [4.78, 5) is 29.3. The van der Waals surface area contributed by atoms with Crippen molar-refractivity contribution in [2.24, 2.45) is 0 Å². The van der Waals surface area contributed by atoms with Crippen molar-refractivity contribution >= 4 is 39.2 Å². The van der Waals surface area contributed by atoms with Gasteiger partial charge in [0.1, 0.15) is 12.4 Å². The average Bonchev–Trinajstić information content (AvgIpc) is 3.71. The quantitative estimate of drug-likeness (QED) is 0.145. The van der Waals surface area contributed by atoms with Gasteiger partial charge in [0, 0.05) is 28.7 Å². The summed E-state index contributed by atoms with van der Waals surface area (Å²) < 4.78 is 49.8. The maximum absolute atomic E-state index is 14.4. The topological polar surface area (TPSA) is 114 Å². The van der Waals surface area contributed by atoms with E-state index >= 15 is 0 Å². The number of amides is 1. The number of carbonyl (C=O) groups is 2. The number of methoxy groups -OCH3 is 1. The molecule has 1 aliphatic carbocycles. The maximum Gasteiger partial charge on any atom is 0.334 e. The van der Waals surface area contributed by atoms with Gasteiger partial charge >= 0.3 is 5.97 Å². The normalized spacial score (nSPS) is 27.9. The predicted octanol–water partition coefficient (Wildman–Crippen LogP) is 5.21. The zero-order valence-electron chi connectivity index (χ0n) is 29.6. The first-order valence-electron chi connectivity index (χ1n) is 16.7. The van der Waals surface area contributed by atoms with Crippen LogP contribution in [0.5, 0.6) is 34.5 Å². The number of nitrogens with one attached hydrogen (secondary N) is 1. The Labute approximate surface area is 288 Å². The molecule has 48 heavy (non-hydrogen) atoms. The molecule has 7 rings (SSSR count). The molecule has 11 nitrogen and oxygen atoms in total. The molecule has 3 saturated heterocycles. The van der Waals surface area contributed by atoms with Crippen LogP contribution < -0.4 is 32.9 Å². The van der Waals surface area contributed by atoms with E-state index < -0.39 is 43.6 Å². The minimum Gasteiger partial charge on any atom is -0.541 e. The Hall–Kier alpha value is -3.49. The number of fused-ring (bicyclic) bond motifs is 5. The second-order valence-corrected chi connectivity index (χ2v) is 20.0. The van der Waals surface area contributed by atoms with Crippen LogP contribution in [0.4, 0.5) is 0 Å². The Morgan fingerprint density at radius 2 is 1.96 bits per heavy atom. The SMILES string of the molecule is [3H][B]SOc1cc(C2(C)C[C@@H](C(=O)N3[C@H]4C[C@]5(OC(=O)[C@@H]35)c3c(OCC=C)c(C)c5c(c34)OCO5)N2)cc(O[Si](C)(C)C(C)(C)C)c1OC. The molecule has 3 fully saturated rings. The van der Waals surface area contributed by atoms with E-state index in [4.69, 9.17) is 33.6 Å². The van der Waals surface area contributed by atoms with Gasteiger partial charge in [-0.3, -0.25) is 10.1 Å². The summed E-state index contributed by atoms with van der Waals surface area (Å²) in [6.45, 7) is 18.8. The Morgan fingerprint density at radius 1 is 1.25 bits per heavy atom. The number of ether oxygens (including phenoxy) is 5. The van der Waals surface area contributed by atoms with E-state index in [0.29, 0.717) is 47.3 Å². The molecule has 1 N–H and O–H groups in total. The number of nitrogens with zero attached hydrogens (tertiary/aromatic N) is 1. The highest BCUT2D eigenvalue weighted by molar-refractivity contribution is 8.16. The summed E-state index contributed by atoms with van der Waals surface area (Å²) >= 11 is 0.872. The van der Waals surface area contributed by atoms with Gasteiger partial charge in [-0.05, 0) is 69.3 Å². The van der Waals surface area contributed by atoms with Crippen LogP contribution >= 0.6 is 11.9 Å². The largest absolute Gasteiger partial charge is 0.541 e. The highest BCUT2D eigenvalue weighted by atomic mass is 32.2. The molecule has 0 saturated carbocycles. The summed E-state index contributed by atoms with van der Waals surface area (Å²) in [5.41, 5.74) is 1.54. The first kappa shape index (κ1) is 31.8. The second-order valence-electron chi connectivity index (χ2n) is 14.9. The molecule has 4 heterocycles. The summed E-state index contributed by atoms with van der Waals surface area (Å²) in [6, 6.07) is 2.05. The van der Waals surface area contributed by atoms with E-state index in [1.807, 2.05) is 26.0 Å². The van der Waals surface area contributed by atoms with Gasteiger partial charge in [0.25, 0.3) is 8.32 Å². The highest BCUT2D eigenvalue weighted by Gasteiger charge is 2.76. The fourth-order valence-electron chi connectivity index (χ4n) is 7.65. The van der Waals surface area contributed by atoms with Crippen LogP contribution in [0.1, 0.15) is 68.8 Å². The number of esters is 1. The summed E-state index contributed by atoms with van der Waals surface area (Å²) in [5.74, 6) is 2.57. The molecule has 5 atom stereocenters. The van der Waals surface area contributed by atoms with Crippen molar-refractivity contribution in [1.29, 1.82) is 1.34 Å². The molecule has 1 radical (unpaired) electrons. The number of benzene rings is 2. The zero-order valence-corrected chi connectivity index (χ0v) is 30.4. The van der Waals surface area contributed by atoms with Gasteiger partial charge < -0.3 is 37.2 Å². The lowest BCUT2D eigenvalue weighted by Crippen LogP contribution is -2.70. The fraction of sp³-hybridized carbons (Fsp3) is 0.529. The third-order valence-corrected chi connectivity index (χ3v) is 15.6. The van der Waals surface area contributed by atoms with Crippen LogP contribution in [0.3, 0.4) is 0 Å². The van der Waals surface area contributed by atoms with Crippen molar-refractivity contribution in [3.05, 3.63) is 47.0 Å². The number of hydrogen-bond acceptors (Lipinski definition) is 11. The molecular weight excluding hydrogens is 651 g/mol. The first-order chi connectivity index (χ1) is 23.1. The third kappa shape index (κ3) is 4.51. The molecule has 1 unspecified atom stereocenters. The van der Waals surface area contributed by atoms with Gasteiger partial charge in [0.05, 0.1) is 19.2 Å². The summed E-state index contributed by atoms with van der Waals surface area (Å²) in [5, 5.41) is 3.45. The molecule has 2 aromatic rings. The highest BCUT2D eigenvalue weighted by Crippen LogP contribution is 2.69. The van der Waals surface area contributed by atoms with Crippen LogP contribution in [-0.4, -0.2) is 66.1 Å². The third-order valence-electron chi connectivity index (χ3n) is 11.0. The van der Waals surface area contributed by atoms with Gasteiger partial charge in [-0.15, -0.1) is 0 Å². The molecule has 0 aromatic heterocycles. The van der Waals surface area contributed by atoms with E-state index in [-0.39, 0.29) is 24.3 Å². The number of carbonyl (C=O) groups excluding carboxylic acids is 2. The molecule has 2 aromatic carbocycles. The van der Waals surface area contributed by atoms with Crippen molar-refractivity contribution in [3.8, 4) is 34.5 Å². The van der Waals surface area contributed by atoms with E-state index in [2.05, 4.69) is 45.8 Å². The molecule has 255 valence electrons. The average molecular weight is 696 g/mol. The smallest absolute Gasteiger partial charge is 0.334 e. The van der Waals surface area contributed by atoms with Crippen LogP contribution in [0.15, 0.2) is 24.8 Å². The van der Waals surface area contributed by atoms with Crippen LogP contribution in [0, 0.1) is 6.92 Å². The van der Waals surface area contributed by atoms with Crippen molar-refractivity contribution in [2.45, 2.75) is 94.9 Å². The van der Waals surface area contributed by atoms with E-state index in [1.54, 1.807) is 18.1 Å². The Bertz CT molecular complexity index is 1760. The van der Waals surface area contributed by atoms with Crippen molar-refractivity contribution in [2.75, 3.05) is 20.5 Å². The first-order valence-corrected chi connectivity index (χ1v) is 19.8. The lowest BCUT2D eigenvalue weighted by Gasteiger charge is -2.52. The molecule has 5 aliphatic rings. The predicted molar refractivity (Wildman–Crippen MR) is 184 cm³/mol. The summed E-state index contributed by atoms with van der Waals surface area (Å²) in [7, 11) is 0.373. The second kappa shape index (κ2) is 11.0. The zero-order chi connectivity index (χ0) is 35.3. The number of rotatable bonds is 11. The monoisotopic (exact) mass is 695 g/mol. The van der Waals surface area contributed by atoms with Crippen molar-refractivity contribution in [1.82, 2.24) is 10.2 Å². The number of hydrogen-bond donors (Lipinski definition) is 1. The number of likely N-dealkylation sites (tertiary alicyclic amines) is 1. The van der Waals surface area contributed by atoms with E-state index in [9.17, 15) is 9.59 Å². The Morgan fingerprint density at radius 3 is 2.60 bits per heavy atom. The van der Waals surface area contributed by atoms with Crippen molar-refractivity contribution in [3.63, 3.8) is 0 Å². The van der Waals surface area contributed by atoms with E-state index in [1.165, 1.54) is 0 Å². The van der Waals surface area contributed by atoms with Crippen LogP contribution in [0.25, 0.3) is 0 Å². The minimum absolute atomic E-state index is 0.0555. The van der Waals surface area contributed by atoms with Gasteiger partial charge in [-0.1, -0.05) is 33.4 Å². The van der Waals surface area contributed by atoms with Gasteiger partial charge in [0.2, 0.25) is 25.5 Å². The van der Waals surface area contributed by atoms with Gasteiger partial charge in [-0.2, -0.15) is 0 Å². The molecular formula is C34H42BN2O9SSi. The standard InChI is InChI=1S/C34H42BN2O9SSi/c1-10-11-41-25-17(2)26-28(43-16-42-26)23-20-15-34(24(23)25)29(31(39)44-34)37(20)30(38)19-14-33(6,36-19)18-12-21(45-47-35)27(40-7)22(13-18)46-48(8,9)32(3,4)5/h10,12-13,19-20,29,35-36H,1,11,14-16H2,2-9H3/t19-,20-,29+,33?,34-/m0/s1/i35T. The lowest BCUT2D eigenvalue weighted by atomic mass is 9.76. The van der Waals surface area contributed by atoms with Gasteiger partial charge in [-0.25, -0.2) is 4.79 Å². The van der Waals surface area contributed by atoms with Gasteiger partial charge in [0.15, 0.2) is 34.6 Å². The molecule has 1 amide bonds. The lowest BCUT2D eigenvalue weighted by molar-refractivity contribution is -0.209.